The number of nitrogens with one attached hydrogen (secondary N) is 2. The average molecular weight is 419 g/mol. The molecule has 2 aromatic heterocycles. The first kappa shape index (κ1) is 17.9. The summed E-state index contributed by atoms with van der Waals surface area (Å²) in [6.45, 7) is 2.18. The highest BCUT2D eigenvalue weighted by atomic mass is 79.9. The van der Waals surface area contributed by atoms with Gasteiger partial charge in [0.05, 0.1) is 11.3 Å². The fraction of sp³-hybridized carbons (Fsp3) is 0.278. The van der Waals surface area contributed by atoms with Crippen LogP contribution in [0.15, 0.2) is 46.2 Å². The summed E-state index contributed by atoms with van der Waals surface area (Å²) < 4.78 is 0.889. The van der Waals surface area contributed by atoms with Crippen molar-refractivity contribution in [1.82, 2.24) is 15.0 Å². The average Bonchev–Trinajstić information content (AvgIpc) is 3.01. The minimum absolute atomic E-state index is 0.0547. The SMILES string of the molecule is CCCCc1ccc(NC(=O)CSc2nc3ncc(Br)cc3[nH]2)cc1. The van der Waals surface area contributed by atoms with Crippen molar-refractivity contribution < 1.29 is 4.79 Å². The van der Waals surface area contributed by atoms with Crippen LogP contribution in [0.3, 0.4) is 0 Å². The van der Waals surface area contributed by atoms with E-state index in [-0.39, 0.29) is 5.91 Å². The summed E-state index contributed by atoms with van der Waals surface area (Å²) >= 11 is 4.74. The summed E-state index contributed by atoms with van der Waals surface area (Å²) in [5, 5.41) is 3.60. The van der Waals surface area contributed by atoms with E-state index in [2.05, 4.69) is 55.3 Å². The lowest BCUT2D eigenvalue weighted by molar-refractivity contribution is -0.113. The Bertz CT molecular complexity index is 863. The van der Waals surface area contributed by atoms with Gasteiger partial charge >= 0.3 is 0 Å². The fourth-order valence-electron chi connectivity index (χ4n) is 2.39. The predicted molar refractivity (Wildman–Crippen MR) is 106 cm³/mol. The van der Waals surface area contributed by atoms with E-state index in [0.29, 0.717) is 16.6 Å². The summed E-state index contributed by atoms with van der Waals surface area (Å²) in [6.07, 6.45) is 5.15. The second kappa shape index (κ2) is 8.49. The van der Waals surface area contributed by atoms with Crippen LogP contribution in [-0.4, -0.2) is 26.6 Å². The number of unbranched alkanes of at least 4 members (excludes halogenated alkanes) is 1. The summed E-state index contributed by atoms with van der Waals surface area (Å²) in [4.78, 5) is 23.9. The van der Waals surface area contributed by atoms with Crippen LogP contribution in [0.1, 0.15) is 25.3 Å². The summed E-state index contributed by atoms with van der Waals surface area (Å²) in [7, 11) is 0. The molecule has 0 aliphatic rings. The number of anilines is 1. The number of amides is 1. The smallest absolute Gasteiger partial charge is 0.234 e. The van der Waals surface area contributed by atoms with Gasteiger partial charge in [-0.2, -0.15) is 0 Å². The van der Waals surface area contributed by atoms with E-state index in [1.165, 1.54) is 30.2 Å². The van der Waals surface area contributed by atoms with Crippen molar-refractivity contribution >= 4 is 50.5 Å². The lowest BCUT2D eigenvalue weighted by Gasteiger charge is -2.06. The van der Waals surface area contributed by atoms with Crippen molar-refractivity contribution in [1.29, 1.82) is 0 Å². The molecule has 0 unspecified atom stereocenters. The number of carbonyl (C=O) groups excluding carboxylic acids is 1. The fourth-order valence-corrected chi connectivity index (χ4v) is 3.39. The number of H-pyrrole nitrogens is 1. The number of nitrogens with zero attached hydrogens (tertiary/aromatic N) is 2. The molecule has 0 aliphatic heterocycles. The van der Waals surface area contributed by atoms with E-state index in [1.54, 1.807) is 6.20 Å². The molecule has 3 rings (SSSR count). The first-order valence-corrected chi connectivity index (χ1v) is 9.95. The number of hydrogen-bond donors (Lipinski definition) is 2. The minimum Gasteiger partial charge on any atom is -0.331 e. The number of hydrogen-bond acceptors (Lipinski definition) is 4. The topological polar surface area (TPSA) is 70.7 Å². The Morgan fingerprint density at radius 2 is 2.12 bits per heavy atom. The predicted octanol–water partition coefficient (Wildman–Crippen LogP) is 4.79. The normalized spacial score (nSPS) is 11.0. The maximum absolute atomic E-state index is 12.1. The molecule has 3 aromatic rings. The zero-order valence-corrected chi connectivity index (χ0v) is 16.3. The van der Waals surface area contributed by atoms with E-state index >= 15 is 0 Å². The van der Waals surface area contributed by atoms with Gasteiger partial charge in [-0.25, -0.2) is 9.97 Å². The van der Waals surface area contributed by atoms with Gasteiger partial charge in [-0.15, -0.1) is 0 Å². The number of fused-ring (bicyclic) bond motifs is 1. The molecule has 0 fully saturated rings. The molecule has 0 spiro atoms. The first-order valence-electron chi connectivity index (χ1n) is 8.17. The Kier molecular flexibility index (Phi) is 6.09. The van der Waals surface area contributed by atoms with Gasteiger partial charge in [0.2, 0.25) is 5.91 Å². The molecule has 0 saturated heterocycles. The van der Waals surface area contributed by atoms with Crippen LogP contribution in [0, 0.1) is 0 Å². The van der Waals surface area contributed by atoms with Crippen molar-refractivity contribution in [2.75, 3.05) is 11.1 Å². The standard InChI is InChI=1S/C18H19BrN4OS/c1-2-3-4-12-5-7-14(8-6-12)21-16(24)11-25-18-22-15-9-13(19)10-20-17(15)23-18/h5-10H,2-4,11H2,1H3,(H,21,24)(H,20,22,23). The van der Waals surface area contributed by atoms with Crippen LogP contribution in [-0.2, 0) is 11.2 Å². The van der Waals surface area contributed by atoms with Crippen molar-refractivity contribution in [2.45, 2.75) is 31.3 Å². The first-order chi connectivity index (χ1) is 12.1. The molecular weight excluding hydrogens is 400 g/mol. The van der Waals surface area contributed by atoms with Crippen molar-refractivity contribution in [3.05, 3.63) is 46.6 Å². The number of aromatic nitrogens is 3. The number of pyridine rings is 1. The number of halogens is 1. The molecule has 2 N–H and O–H groups in total. The van der Waals surface area contributed by atoms with Crippen molar-refractivity contribution in [3.8, 4) is 0 Å². The van der Waals surface area contributed by atoms with Gasteiger partial charge in [-0.05, 0) is 52.5 Å². The second-order valence-electron chi connectivity index (χ2n) is 5.70. The highest BCUT2D eigenvalue weighted by molar-refractivity contribution is 9.10. The van der Waals surface area contributed by atoms with Crippen LogP contribution in [0.4, 0.5) is 5.69 Å². The minimum atomic E-state index is -0.0547. The number of thioether (sulfide) groups is 1. The molecule has 0 atom stereocenters. The lowest BCUT2D eigenvalue weighted by Crippen LogP contribution is -2.14. The van der Waals surface area contributed by atoms with Crippen LogP contribution >= 0.6 is 27.7 Å². The van der Waals surface area contributed by atoms with Crippen molar-refractivity contribution in [3.63, 3.8) is 0 Å². The quantitative estimate of drug-likeness (QED) is 0.540. The third kappa shape index (κ3) is 5.06. The number of imidazole rings is 1. The summed E-state index contributed by atoms with van der Waals surface area (Å²) in [5.74, 6) is 0.236. The van der Waals surface area contributed by atoms with Gasteiger partial charge < -0.3 is 10.3 Å². The van der Waals surface area contributed by atoms with E-state index in [0.717, 1.165) is 22.1 Å². The Morgan fingerprint density at radius 1 is 1.32 bits per heavy atom. The van der Waals surface area contributed by atoms with Gasteiger partial charge in [0, 0.05) is 16.4 Å². The van der Waals surface area contributed by atoms with Crippen LogP contribution in [0.5, 0.6) is 0 Å². The van der Waals surface area contributed by atoms with Gasteiger partial charge in [-0.3, -0.25) is 4.79 Å². The zero-order chi connectivity index (χ0) is 17.6. The summed E-state index contributed by atoms with van der Waals surface area (Å²) in [5.41, 5.74) is 3.62. The maximum atomic E-state index is 12.1. The van der Waals surface area contributed by atoms with Crippen LogP contribution in [0.25, 0.3) is 11.2 Å². The molecule has 25 heavy (non-hydrogen) atoms. The van der Waals surface area contributed by atoms with Gasteiger partial charge in [0.1, 0.15) is 0 Å². The van der Waals surface area contributed by atoms with E-state index in [4.69, 9.17) is 0 Å². The monoisotopic (exact) mass is 418 g/mol. The molecule has 0 saturated carbocycles. The maximum Gasteiger partial charge on any atom is 0.234 e. The van der Waals surface area contributed by atoms with Crippen LogP contribution in [0.2, 0.25) is 0 Å². The van der Waals surface area contributed by atoms with Gasteiger partial charge in [0.25, 0.3) is 0 Å². The van der Waals surface area contributed by atoms with Gasteiger partial charge in [0.15, 0.2) is 10.8 Å². The Labute approximate surface area is 159 Å². The van der Waals surface area contributed by atoms with Crippen LogP contribution < -0.4 is 5.32 Å². The molecule has 0 radical (unpaired) electrons. The Hall–Kier alpha value is -1.86. The zero-order valence-electron chi connectivity index (χ0n) is 13.9. The van der Waals surface area contributed by atoms with E-state index in [1.807, 2.05) is 18.2 Å². The number of aryl methyl sites for hydroxylation is 1. The summed E-state index contributed by atoms with van der Waals surface area (Å²) in [6, 6.07) is 9.97. The number of aromatic amines is 1. The van der Waals surface area contributed by atoms with Crippen molar-refractivity contribution in [2.24, 2.45) is 0 Å². The lowest BCUT2D eigenvalue weighted by atomic mass is 10.1. The molecule has 7 heteroatoms. The molecule has 130 valence electrons. The van der Waals surface area contributed by atoms with E-state index in [9.17, 15) is 4.79 Å². The molecular formula is C18H19BrN4OS. The molecule has 1 amide bonds. The Balaban J connectivity index is 1.53. The Morgan fingerprint density at radius 3 is 2.88 bits per heavy atom. The molecule has 0 aliphatic carbocycles. The molecule has 5 nitrogen and oxygen atoms in total. The molecule has 1 aromatic carbocycles. The second-order valence-corrected chi connectivity index (χ2v) is 7.58. The largest absolute Gasteiger partial charge is 0.331 e. The highest BCUT2D eigenvalue weighted by Gasteiger charge is 2.08. The molecule has 2 heterocycles. The third-order valence-electron chi connectivity index (χ3n) is 3.68. The highest BCUT2D eigenvalue weighted by Crippen LogP contribution is 2.21. The van der Waals surface area contributed by atoms with E-state index < -0.39 is 0 Å². The number of carbonyl (C=O) groups is 1. The number of rotatable bonds is 7. The third-order valence-corrected chi connectivity index (χ3v) is 4.99. The number of benzene rings is 1. The molecule has 0 bridgehead atoms. The van der Waals surface area contributed by atoms with Gasteiger partial charge in [-0.1, -0.05) is 37.2 Å².